The number of ether oxygens (including phenoxy) is 4. The SMILES string of the molecule is CCCCOC1CC=C(C(C)(OC)OC)O1. The van der Waals surface area contributed by atoms with E-state index in [4.69, 9.17) is 18.9 Å². The summed E-state index contributed by atoms with van der Waals surface area (Å²) in [6, 6.07) is 0. The van der Waals surface area contributed by atoms with Gasteiger partial charge in [-0.15, -0.1) is 0 Å². The van der Waals surface area contributed by atoms with Crippen LogP contribution in [0.1, 0.15) is 33.1 Å². The first-order valence-corrected chi connectivity index (χ1v) is 5.75. The predicted molar refractivity (Wildman–Crippen MR) is 60.9 cm³/mol. The Morgan fingerprint density at radius 2 is 2.12 bits per heavy atom. The molecule has 0 saturated heterocycles. The van der Waals surface area contributed by atoms with Gasteiger partial charge in [-0.25, -0.2) is 0 Å². The molecule has 4 heteroatoms. The van der Waals surface area contributed by atoms with Gasteiger partial charge in [0, 0.05) is 20.6 Å². The van der Waals surface area contributed by atoms with E-state index in [2.05, 4.69) is 6.92 Å². The Hall–Kier alpha value is -0.580. The molecule has 4 nitrogen and oxygen atoms in total. The number of methoxy groups -OCH3 is 2. The molecule has 1 aliphatic heterocycles. The van der Waals surface area contributed by atoms with E-state index in [0.29, 0.717) is 5.76 Å². The van der Waals surface area contributed by atoms with E-state index in [0.717, 1.165) is 25.9 Å². The van der Waals surface area contributed by atoms with Gasteiger partial charge in [-0.3, -0.25) is 0 Å². The van der Waals surface area contributed by atoms with Crippen LogP contribution in [0.25, 0.3) is 0 Å². The Bertz CT molecular complexity index is 233. The van der Waals surface area contributed by atoms with Crippen LogP contribution in [-0.2, 0) is 18.9 Å². The van der Waals surface area contributed by atoms with Crippen molar-refractivity contribution in [2.24, 2.45) is 0 Å². The van der Waals surface area contributed by atoms with Crippen LogP contribution in [0.5, 0.6) is 0 Å². The molecule has 0 radical (unpaired) electrons. The molecular formula is C12H22O4. The lowest BCUT2D eigenvalue weighted by Crippen LogP contribution is -2.33. The molecule has 1 atom stereocenters. The Labute approximate surface area is 97.5 Å². The van der Waals surface area contributed by atoms with Crippen molar-refractivity contribution >= 4 is 0 Å². The third-order valence-corrected chi connectivity index (χ3v) is 2.78. The fraction of sp³-hybridized carbons (Fsp3) is 0.833. The van der Waals surface area contributed by atoms with Crippen molar-refractivity contribution in [2.75, 3.05) is 20.8 Å². The monoisotopic (exact) mass is 230 g/mol. The lowest BCUT2D eigenvalue weighted by Gasteiger charge is -2.28. The zero-order valence-electron chi connectivity index (χ0n) is 10.6. The van der Waals surface area contributed by atoms with Gasteiger partial charge in [0.05, 0.1) is 6.61 Å². The highest BCUT2D eigenvalue weighted by molar-refractivity contribution is 5.09. The maximum absolute atomic E-state index is 5.64. The van der Waals surface area contributed by atoms with Gasteiger partial charge >= 0.3 is 0 Å². The first-order chi connectivity index (χ1) is 7.66. The van der Waals surface area contributed by atoms with Crippen molar-refractivity contribution in [3.05, 3.63) is 11.8 Å². The summed E-state index contributed by atoms with van der Waals surface area (Å²) in [5.74, 6) is -0.109. The first-order valence-electron chi connectivity index (χ1n) is 5.75. The maximum atomic E-state index is 5.64. The van der Waals surface area contributed by atoms with Gasteiger partial charge < -0.3 is 18.9 Å². The summed E-state index contributed by atoms with van der Waals surface area (Å²) in [6.07, 6.45) is 4.71. The Morgan fingerprint density at radius 3 is 2.69 bits per heavy atom. The number of hydrogen-bond acceptors (Lipinski definition) is 4. The molecule has 1 rings (SSSR count). The minimum absolute atomic E-state index is 0.189. The second-order valence-electron chi connectivity index (χ2n) is 3.93. The van der Waals surface area contributed by atoms with Crippen LogP contribution in [0.3, 0.4) is 0 Å². The molecule has 0 fully saturated rings. The van der Waals surface area contributed by atoms with Crippen molar-refractivity contribution in [2.45, 2.75) is 45.2 Å². The second-order valence-corrected chi connectivity index (χ2v) is 3.93. The summed E-state index contributed by atoms with van der Waals surface area (Å²) in [6.45, 7) is 4.70. The van der Waals surface area contributed by atoms with Crippen LogP contribution in [0.2, 0.25) is 0 Å². The van der Waals surface area contributed by atoms with E-state index < -0.39 is 5.79 Å². The highest BCUT2D eigenvalue weighted by Crippen LogP contribution is 2.30. The molecule has 1 heterocycles. The summed E-state index contributed by atoms with van der Waals surface area (Å²) in [5, 5.41) is 0. The van der Waals surface area contributed by atoms with Crippen molar-refractivity contribution in [3.63, 3.8) is 0 Å². The number of hydrogen-bond donors (Lipinski definition) is 0. The van der Waals surface area contributed by atoms with Gasteiger partial charge in [0.25, 0.3) is 0 Å². The van der Waals surface area contributed by atoms with Crippen LogP contribution in [0.15, 0.2) is 11.8 Å². The van der Waals surface area contributed by atoms with Crippen molar-refractivity contribution in [1.82, 2.24) is 0 Å². The second kappa shape index (κ2) is 6.23. The summed E-state index contributed by atoms with van der Waals surface area (Å²) in [7, 11) is 3.19. The van der Waals surface area contributed by atoms with Crippen LogP contribution >= 0.6 is 0 Å². The van der Waals surface area contributed by atoms with Gasteiger partial charge in [0.15, 0.2) is 5.76 Å². The highest BCUT2D eigenvalue weighted by atomic mass is 16.7. The van der Waals surface area contributed by atoms with E-state index in [1.54, 1.807) is 14.2 Å². The van der Waals surface area contributed by atoms with Crippen LogP contribution in [-0.4, -0.2) is 32.9 Å². The summed E-state index contributed by atoms with van der Waals surface area (Å²) in [5.41, 5.74) is 0. The highest BCUT2D eigenvalue weighted by Gasteiger charge is 2.35. The maximum Gasteiger partial charge on any atom is 0.224 e. The molecule has 0 aromatic heterocycles. The average molecular weight is 230 g/mol. The summed E-state index contributed by atoms with van der Waals surface area (Å²) >= 11 is 0. The van der Waals surface area contributed by atoms with E-state index in [-0.39, 0.29) is 6.29 Å². The minimum atomic E-state index is -0.803. The molecule has 0 aromatic carbocycles. The molecule has 94 valence electrons. The molecular weight excluding hydrogens is 208 g/mol. The smallest absolute Gasteiger partial charge is 0.224 e. The predicted octanol–water partition coefficient (Wildman–Crippen LogP) is 2.44. The van der Waals surface area contributed by atoms with Gasteiger partial charge in [-0.05, 0) is 19.4 Å². The Balaban J connectivity index is 2.38. The third kappa shape index (κ3) is 3.20. The topological polar surface area (TPSA) is 36.9 Å². The number of rotatable bonds is 7. The van der Waals surface area contributed by atoms with E-state index in [1.165, 1.54) is 0 Å². The van der Waals surface area contributed by atoms with Crippen LogP contribution in [0.4, 0.5) is 0 Å². The van der Waals surface area contributed by atoms with Crippen LogP contribution in [0, 0.1) is 0 Å². The van der Waals surface area contributed by atoms with Crippen LogP contribution < -0.4 is 0 Å². The van der Waals surface area contributed by atoms with Gasteiger partial charge in [0.2, 0.25) is 12.1 Å². The largest absolute Gasteiger partial charge is 0.464 e. The van der Waals surface area contributed by atoms with E-state index in [1.807, 2.05) is 13.0 Å². The zero-order valence-corrected chi connectivity index (χ0v) is 10.6. The molecule has 0 aromatic rings. The van der Waals surface area contributed by atoms with Gasteiger partial charge in [-0.2, -0.15) is 0 Å². The van der Waals surface area contributed by atoms with Crippen molar-refractivity contribution in [1.29, 1.82) is 0 Å². The third-order valence-electron chi connectivity index (χ3n) is 2.78. The molecule has 0 spiro atoms. The molecule has 1 aliphatic rings. The molecule has 0 N–H and O–H groups in total. The van der Waals surface area contributed by atoms with Crippen molar-refractivity contribution in [3.8, 4) is 0 Å². The molecule has 0 saturated carbocycles. The Kier molecular flexibility index (Phi) is 5.25. The molecule has 16 heavy (non-hydrogen) atoms. The molecule has 1 unspecified atom stereocenters. The average Bonchev–Trinajstić information content (AvgIpc) is 2.78. The standard InChI is InChI=1S/C12H22O4/c1-5-6-9-15-11-8-7-10(16-11)12(2,13-3)14-4/h7,11H,5-6,8-9H2,1-4H3. The fourth-order valence-corrected chi connectivity index (χ4v) is 1.48. The normalized spacial score (nSPS) is 20.8. The summed E-state index contributed by atoms with van der Waals surface area (Å²) < 4.78 is 21.8. The van der Waals surface area contributed by atoms with Crippen molar-refractivity contribution < 1.29 is 18.9 Å². The molecule has 0 aliphatic carbocycles. The fourth-order valence-electron chi connectivity index (χ4n) is 1.48. The van der Waals surface area contributed by atoms with Gasteiger partial charge in [0.1, 0.15) is 0 Å². The first kappa shape index (κ1) is 13.5. The van der Waals surface area contributed by atoms with E-state index in [9.17, 15) is 0 Å². The molecule has 0 amide bonds. The minimum Gasteiger partial charge on any atom is -0.464 e. The lowest BCUT2D eigenvalue weighted by atomic mass is 10.2. The van der Waals surface area contributed by atoms with Gasteiger partial charge in [-0.1, -0.05) is 13.3 Å². The lowest BCUT2D eigenvalue weighted by molar-refractivity contribution is -0.210. The Morgan fingerprint density at radius 1 is 1.44 bits per heavy atom. The summed E-state index contributed by atoms with van der Waals surface area (Å²) in [4.78, 5) is 0. The zero-order chi connectivity index (χ0) is 12.0. The quantitative estimate of drug-likeness (QED) is 0.497. The number of unbranched alkanes of at least 4 members (excludes halogenated alkanes) is 1. The van der Waals surface area contributed by atoms with E-state index >= 15 is 0 Å². The molecule has 0 bridgehead atoms.